The van der Waals surface area contributed by atoms with E-state index in [0.717, 1.165) is 11.6 Å². The van der Waals surface area contributed by atoms with Crippen molar-refractivity contribution in [3.63, 3.8) is 0 Å². The summed E-state index contributed by atoms with van der Waals surface area (Å²) in [4.78, 5) is 0.942. The molecule has 0 aliphatic carbocycles. The highest BCUT2D eigenvalue weighted by molar-refractivity contribution is 7.89. The molecule has 156 valence electrons. The molecule has 1 N–H and O–H groups in total. The highest BCUT2D eigenvalue weighted by atomic mass is 32.2. The molecule has 2 heterocycles. The lowest BCUT2D eigenvalue weighted by Crippen LogP contribution is -2.28. The lowest BCUT2D eigenvalue weighted by atomic mass is 10.0. The first-order valence-electron chi connectivity index (χ1n) is 8.69. The molecule has 5 nitrogen and oxygen atoms in total. The van der Waals surface area contributed by atoms with E-state index in [0.29, 0.717) is 9.75 Å². The van der Waals surface area contributed by atoms with Crippen molar-refractivity contribution >= 4 is 21.4 Å². The normalized spacial score (nSPS) is 13.6. The Morgan fingerprint density at radius 1 is 1.17 bits per heavy atom. The van der Waals surface area contributed by atoms with Gasteiger partial charge in [-0.15, -0.1) is 11.3 Å². The summed E-state index contributed by atoms with van der Waals surface area (Å²) >= 11 is 1.18. The third-order valence-corrected chi connectivity index (χ3v) is 7.21. The number of aryl methyl sites for hydroxylation is 2. The number of sulfonamides is 1. The summed E-state index contributed by atoms with van der Waals surface area (Å²) in [5.41, 5.74) is 0.947. The second-order valence-electron chi connectivity index (χ2n) is 6.66. The van der Waals surface area contributed by atoms with Gasteiger partial charge in [0.25, 0.3) is 0 Å². The van der Waals surface area contributed by atoms with Gasteiger partial charge in [0, 0.05) is 27.9 Å². The van der Waals surface area contributed by atoms with Gasteiger partial charge in [0.15, 0.2) is 0 Å². The van der Waals surface area contributed by atoms with Crippen LogP contribution in [0.1, 0.15) is 33.9 Å². The van der Waals surface area contributed by atoms with Gasteiger partial charge in [-0.3, -0.25) is 0 Å². The SMILES string of the molecule is Cc1sc(C)c(S(=O)(=O)NCC(C)c2ccccc2)c1-c1cc(C(F)(F)F)on1. The zero-order valence-corrected chi connectivity index (χ0v) is 17.5. The van der Waals surface area contributed by atoms with E-state index >= 15 is 0 Å². The summed E-state index contributed by atoms with van der Waals surface area (Å²) in [6.07, 6.45) is -4.70. The minimum atomic E-state index is -4.70. The van der Waals surface area contributed by atoms with Gasteiger partial charge < -0.3 is 4.52 Å². The standard InChI is InChI=1S/C19H19F3N2O3S2/c1-11(14-7-5-4-6-8-14)10-23-29(25,26)18-13(3)28-12(2)17(18)15-9-16(27-24-15)19(20,21)22/h4-9,11,23H,10H2,1-3H3. The van der Waals surface area contributed by atoms with Crippen LogP contribution in [-0.4, -0.2) is 20.1 Å². The van der Waals surface area contributed by atoms with Gasteiger partial charge in [-0.05, 0) is 25.3 Å². The van der Waals surface area contributed by atoms with Crippen molar-refractivity contribution in [2.24, 2.45) is 0 Å². The van der Waals surface area contributed by atoms with Crippen molar-refractivity contribution in [1.82, 2.24) is 9.88 Å². The fourth-order valence-corrected chi connectivity index (χ4v) is 6.02. The average molecular weight is 445 g/mol. The van der Waals surface area contributed by atoms with E-state index in [1.54, 1.807) is 13.8 Å². The van der Waals surface area contributed by atoms with Gasteiger partial charge >= 0.3 is 6.18 Å². The second-order valence-corrected chi connectivity index (χ2v) is 9.79. The van der Waals surface area contributed by atoms with Crippen molar-refractivity contribution in [3.05, 3.63) is 57.5 Å². The number of nitrogens with one attached hydrogen (secondary N) is 1. The molecule has 0 radical (unpaired) electrons. The number of aromatic nitrogens is 1. The fourth-order valence-electron chi connectivity index (χ4n) is 3.02. The third-order valence-electron chi connectivity index (χ3n) is 4.47. The molecule has 0 fully saturated rings. The van der Waals surface area contributed by atoms with Crippen LogP contribution in [0, 0.1) is 13.8 Å². The third kappa shape index (κ3) is 4.54. The summed E-state index contributed by atoms with van der Waals surface area (Å²) in [5, 5.41) is 3.46. The van der Waals surface area contributed by atoms with E-state index < -0.39 is 22.0 Å². The molecule has 3 rings (SSSR count). The van der Waals surface area contributed by atoms with E-state index in [1.807, 2.05) is 37.3 Å². The number of benzene rings is 1. The smallest absolute Gasteiger partial charge is 0.351 e. The van der Waals surface area contributed by atoms with Crippen molar-refractivity contribution in [3.8, 4) is 11.3 Å². The molecular weight excluding hydrogens is 425 g/mol. The molecule has 0 saturated heterocycles. The first-order valence-corrected chi connectivity index (χ1v) is 11.0. The van der Waals surface area contributed by atoms with Gasteiger partial charge in [0.05, 0.1) is 0 Å². The summed E-state index contributed by atoms with van der Waals surface area (Å²) in [7, 11) is -3.98. The highest BCUT2D eigenvalue weighted by Gasteiger charge is 2.37. The predicted octanol–water partition coefficient (Wildman–Crippen LogP) is 5.12. The van der Waals surface area contributed by atoms with E-state index in [9.17, 15) is 21.6 Å². The molecule has 0 aliphatic heterocycles. The molecular formula is C19H19F3N2O3S2. The van der Waals surface area contributed by atoms with Crippen LogP contribution in [0.4, 0.5) is 13.2 Å². The Morgan fingerprint density at radius 2 is 1.83 bits per heavy atom. The Bertz CT molecular complexity index is 1100. The number of halogens is 3. The van der Waals surface area contributed by atoms with E-state index in [4.69, 9.17) is 0 Å². The van der Waals surface area contributed by atoms with Crippen LogP contribution < -0.4 is 4.72 Å². The number of thiophene rings is 1. The molecule has 2 aromatic heterocycles. The maximum atomic E-state index is 13.0. The fraction of sp³-hybridized carbons (Fsp3) is 0.316. The van der Waals surface area contributed by atoms with Crippen molar-refractivity contribution in [2.45, 2.75) is 37.8 Å². The molecule has 0 aliphatic rings. The Balaban J connectivity index is 1.93. The van der Waals surface area contributed by atoms with Gasteiger partial charge in [0.1, 0.15) is 10.6 Å². The van der Waals surface area contributed by atoms with E-state index in [2.05, 4.69) is 14.4 Å². The minimum Gasteiger partial charge on any atom is -0.351 e. The van der Waals surface area contributed by atoms with Crippen LogP contribution in [-0.2, 0) is 16.2 Å². The molecule has 10 heteroatoms. The quantitative estimate of drug-likeness (QED) is 0.573. The average Bonchev–Trinajstić information content (AvgIpc) is 3.24. The molecule has 3 aromatic rings. The van der Waals surface area contributed by atoms with Gasteiger partial charge in [-0.1, -0.05) is 42.4 Å². The summed E-state index contributed by atoms with van der Waals surface area (Å²) < 4.78 is 71.6. The number of rotatable bonds is 6. The predicted molar refractivity (Wildman–Crippen MR) is 104 cm³/mol. The number of hydrogen-bond acceptors (Lipinski definition) is 5. The number of alkyl halides is 3. The van der Waals surface area contributed by atoms with Gasteiger partial charge in [-0.25, -0.2) is 13.1 Å². The lowest BCUT2D eigenvalue weighted by molar-refractivity contribution is -0.155. The topological polar surface area (TPSA) is 72.2 Å². The van der Waals surface area contributed by atoms with Crippen LogP contribution in [0.25, 0.3) is 11.3 Å². The Labute approximate surface area is 170 Å². The van der Waals surface area contributed by atoms with Crippen LogP contribution in [0.2, 0.25) is 0 Å². The zero-order valence-electron chi connectivity index (χ0n) is 15.9. The van der Waals surface area contributed by atoms with Gasteiger partial charge in [0.2, 0.25) is 15.8 Å². The van der Waals surface area contributed by atoms with Crippen LogP contribution >= 0.6 is 11.3 Å². The Hall–Kier alpha value is -2.17. The van der Waals surface area contributed by atoms with Crippen LogP contribution in [0.15, 0.2) is 45.8 Å². The van der Waals surface area contributed by atoms with Crippen molar-refractivity contribution < 1.29 is 26.1 Å². The summed E-state index contributed by atoms with van der Waals surface area (Å²) in [6, 6.07) is 10.1. The molecule has 1 unspecified atom stereocenters. The Kier molecular flexibility index (Phi) is 5.88. The molecule has 1 aromatic carbocycles. The molecule has 1 atom stereocenters. The van der Waals surface area contributed by atoms with E-state index in [1.165, 1.54) is 11.3 Å². The van der Waals surface area contributed by atoms with Crippen molar-refractivity contribution in [2.75, 3.05) is 6.54 Å². The van der Waals surface area contributed by atoms with Crippen molar-refractivity contribution in [1.29, 1.82) is 0 Å². The lowest BCUT2D eigenvalue weighted by Gasteiger charge is -2.14. The highest BCUT2D eigenvalue weighted by Crippen LogP contribution is 2.40. The molecule has 0 saturated carbocycles. The molecule has 0 amide bonds. The first kappa shape index (κ1) is 21.5. The van der Waals surface area contributed by atoms with Crippen LogP contribution in [0.3, 0.4) is 0 Å². The summed E-state index contributed by atoms with van der Waals surface area (Å²) in [5.74, 6) is -1.36. The maximum Gasteiger partial charge on any atom is 0.452 e. The summed E-state index contributed by atoms with van der Waals surface area (Å²) in [6.45, 7) is 5.28. The first-order chi connectivity index (χ1) is 13.5. The molecule has 0 spiro atoms. The maximum absolute atomic E-state index is 13.0. The van der Waals surface area contributed by atoms with Gasteiger partial charge in [-0.2, -0.15) is 13.2 Å². The largest absolute Gasteiger partial charge is 0.452 e. The molecule has 29 heavy (non-hydrogen) atoms. The number of hydrogen-bond donors (Lipinski definition) is 1. The zero-order chi connectivity index (χ0) is 21.4. The monoisotopic (exact) mass is 444 g/mol. The van der Waals surface area contributed by atoms with Crippen LogP contribution in [0.5, 0.6) is 0 Å². The molecule has 0 bridgehead atoms. The number of nitrogens with zero attached hydrogens (tertiary/aromatic N) is 1. The Morgan fingerprint density at radius 3 is 2.41 bits per heavy atom. The van der Waals surface area contributed by atoms with E-state index in [-0.39, 0.29) is 28.6 Å². The second kappa shape index (κ2) is 7.92. The minimum absolute atomic E-state index is 0.0673.